The highest BCUT2D eigenvalue weighted by Gasteiger charge is 2.21. The summed E-state index contributed by atoms with van der Waals surface area (Å²) in [6.45, 7) is 10.2. The maximum atomic E-state index is 12.3. The topological polar surface area (TPSA) is 26.3 Å². The molecular formula is C15H22O2. The van der Waals surface area contributed by atoms with E-state index in [1.54, 1.807) is 7.11 Å². The van der Waals surface area contributed by atoms with E-state index in [1.165, 1.54) is 0 Å². The van der Waals surface area contributed by atoms with Gasteiger partial charge in [0.2, 0.25) is 0 Å². The number of hydrogen-bond donors (Lipinski definition) is 0. The average Bonchev–Trinajstić information content (AvgIpc) is 2.12. The number of rotatable bonds is 3. The molecule has 0 bridgehead atoms. The van der Waals surface area contributed by atoms with Gasteiger partial charge in [0.15, 0.2) is 5.78 Å². The summed E-state index contributed by atoms with van der Waals surface area (Å²) in [7, 11) is 1.61. The van der Waals surface area contributed by atoms with Crippen LogP contribution in [0.25, 0.3) is 0 Å². The Morgan fingerprint density at radius 1 is 1.24 bits per heavy atom. The fraction of sp³-hybridized carbons (Fsp3) is 0.533. The second-order valence-electron chi connectivity index (χ2n) is 5.82. The Hall–Kier alpha value is -1.31. The van der Waals surface area contributed by atoms with E-state index in [1.807, 2.05) is 26.0 Å². The fourth-order valence-electron chi connectivity index (χ4n) is 2.02. The van der Waals surface area contributed by atoms with Gasteiger partial charge in [0.25, 0.3) is 0 Å². The maximum Gasteiger partial charge on any atom is 0.167 e. The normalized spacial score (nSPS) is 11.4. The van der Waals surface area contributed by atoms with Crippen molar-refractivity contribution in [3.63, 3.8) is 0 Å². The minimum atomic E-state index is -0.000575. The standard InChI is InChI=1S/C15H22O2/c1-10-7-11(2)14(13(8-10)17-6)12(16)9-15(3,4)5/h7-8H,9H2,1-6H3. The zero-order chi connectivity index (χ0) is 13.2. The van der Waals surface area contributed by atoms with Crippen LogP contribution in [0, 0.1) is 19.3 Å². The summed E-state index contributed by atoms with van der Waals surface area (Å²) in [5.41, 5.74) is 2.84. The molecule has 2 nitrogen and oxygen atoms in total. The molecule has 2 heteroatoms. The van der Waals surface area contributed by atoms with Crippen LogP contribution in [-0.4, -0.2) is 12.9 Å². The third-order valence-electron chi connectivity index (χ3n) is 2.63. The Bertz CT molecular complexity index is 425. The second kappa shape index (κ2) is 4.91. The number of ketones is 1. The van der Waals surface area contributed by atoms with E-state index in [9.17, 15) is 4.79 Å². The zero-order valence-electron chi connectivity index (χ0n) is 11.7. The van der Waals surface area contributed by atoms with Crippen LogP contribution in [0.15, 0.2) is 12.1 Å². The van der Waals surface area contributed by atoms with Crippen LogP contribution in [0.3, 0.4) is 0 Å². The molecule has 0 aromatic heterocycles. The predicted octanol–water partition coefficient (Wildman–Crippen LogP) is 3.93. The number of hydrogen-bond acceptors (Lipinski definition) is 2. The Balaban J connectivity index is 3.17. The average molecular weight is 234 g/mol. The van der Waals surface area contributed by atoms with E-state index in [0.717, 1.165) is 16.7 Å². The molecule has 1 aromatic carbocycles. The van der Waals surface area contributed by atoms with Gasteiger partial charge in [-0.25, -0.2) is 0 Å². The molecule has 0 unspecified atom stereocenters. The van der Waals surface area contributed by atoms with Gasteiger partial charge in [-0.15, -0.1) is 0 Å². The lowest BCUT2D eigenvalue weighted by molar-refractivity contribution is 0.0936. The smallest absolute Gasteiger partial charge is 0.167 e. The molecule has 0 spiro atoms. The van der Waals surface area contributed by atoms with Crippen molar-refractivity contribution in [1.82, 2.24) is 0 Å². The van der Waals surface area contributed by atoms with Gasteiger partial charge in [-0.1, -0.05) is 26.8 Å². The van der Waals surface area contributed by atoms with Gasteiger partial charge >= 0.3 is 0 Å². The molecule has 1 rings (SSSR count). The molecule has 94 valence electrons. The number of aryl methyl sites for hydroxylation is 2. The minimum absolute atomic E-state index is 0.000575. The first-order valence-electron chi connectivity index (χ1n) is 5.93. The molecule has 0 aliphatic rings. The largest absolute Gasteiger partial charge is 0.496 e. The van der Waals surface area contributed by atoms with E-state index >= 15 is 0 Å². The SMILES string of the molecule is COc1cc(C)cc(C)c1C(=O)CC(C)(C)C. The summed E-state index contributed by atoms with van der Waals surface area (Å²) >= 11 is 0. The van der Waals surface area contributed by atoms with Crippen molar-refractivity contribution in [2.24, 2.45) is 5.41 Å². The summed E-state index contributed by atoms with van der Waals surface area (Å²) in [5.74, 6) is 0.851. The lowest BCUT2D eigenvalue weighted by atomic mass is 9.86. The lowest BCUT2D eigenvalue weighted by Crippen LogP contribution is -2.15. The molecule has 0 saturated heterocycles. The quantitative estimate of drug-likeness (QED) is 0.741. The van der Waals surface area contributed by atoms with Gasteiger partial charge in [0.05, 0.1) is 12.7 Å². The highest BCUT2D eigenvalue weighted by atomic mass is 16.5. The minimum Gasteiger partial charge on any atom is -0.496 e. The summed E-state index contributed by atoms with van der Waals surface area (Å²) in [6.07, 6.45) is 0.535. The van der Waals surface area contributed by atoms with E-state index < -0.39 is 0 Å². The van der Waals surface area contributed by atoms with Gasteiger partial charge in [-0.05, 0) is 36.5 Å². The fourth-order valence-corrected chi connectivity index (χ4v) is 2.02. The van der Waals surface area contributed by atoms with Crippen LogP contribution in [0.5, 0.6) is 5.75 Å². The summed E-state index contributed by atoms with van der Waals surface area (Å²) in [5, 5.41) is 0. The van der Waals surface area contributed by atoms with Crippen molar-refractivity contribution >= 4 is 5.78 Å². The summed E-state index contributed by atoms with van der Waals surface area (Å²) < 4.78 is 5.32. The van der Waals surface area contributed by atoms with Crippen LogP contribution in [0.4, 0.5) is 0 Å². The highest BCUT2D eigenvalue weighted by Crippen LogP contribution is 2.29. The van der Waals surface area contributed by atoms with Crippen molar-refractivity contribution in [3.05, 3.63) is 28.8 Å². The first-order valence-corrected chi connectivity index (χ1v) is 5.93. The predicted molar refractivity (Wildman–Crippen MR) is 70.9 cm³/mol. The molecule has 0 heterocycles. The van der Waals surface area contributed by atoms with Crippen LogP contribution in [0.2, 0.25) is 0 Å². The Labute approximate surface area is 104 Å². The van der Waals surface area contributed by atoms with Crippen LogP contribution in [-0.2, 0) is 0 Å². The van der Waals surface area contributed by atoms with Crippen LogP contribution < -0.4 is 4.74 Å². The van der Waals surface area contributed by atoms with Crippen molar-refractivity contribution in [1.29, 1.82) is 0 Å². The molecule has 1 aromatic rings. The molecule has 0 saturated carbocycles. The van der Waals surface area contributed by atoms with Gasteiger partial charge in [-0.2, -0.15) is 0 Å². The Morgan fingerprint density at radius 3 is 2.29 bits per heavy atom. The van der Waals surface area contributed by atoms with Crippen molar-refractivity contribution in [2.75, 3.05) is 7.11 Å². The monoisotopic (exact) mass is 234 g/mol. The number of methoxy groups -OCH3 is 1. The molecule has 0 aliphatic carbocycles. The van der Waals surface area contributed by atoms with Crippen molar-refractivity contribution in [2.45, 2.75) is 41.0 Å². The molecule has 0 N–H and O–H groups in total. The van der Waals surface area contributed by atoms with E-state index in [0.29, 0.717) is 12.2 Å². The number of Topliss-reactive ketones (excluding diaryl/α,β-unsaturated/α-hetero) is 1. The molecule has 0 radical (unpaired) electrons. The van der Waals surface area contributed by atoms with E-state index in [-0.39, 0.29) is 11.2 Å². The molecule has 0 fully saturated rings. The maximum absolute atomic E-state index is 12.3. The highest BCUT2D eigenvalue weighted by molar-refractivity contribution is 6.00. The third kappa shape index (κ3) is 3.58. The number of benzene rings is 1. The molecule has 0 amide bonds. The van der Waals surface area contributed by atoms with Gasteiger partial charge in [-0.3, -0.25) is 4.79 Å². The lowest BCUT2D eigenvalue weighted by Gasteiger charge is -2.19. The number of carbonyl (C=O) groups excluding carboxylic acids is 1. The first-order chi connectivity index (χ1) is 7.74. The third-order valence-corrected chi connectivity index (χ3v) is 2.63. The van der Waals surface area contributed by atoms with Gasteiger partial charge < -0.3 is 4.74 Å². The van der Waals surface area contributed by atoms with Crippen LogP contribution in [0.1, 0.15) is 48.7 Å². The van der Waals surface area contributed by atoms with Crippen molar-refractivity contribution in [3.8, 4) is 5.75 Å². The Kier molecular flexibility index (Phi) is 3.97. The molecular weight excluding hydrogens is 212 g/mol. The van der Waals surface area contributed by atoms with E-state index in [4.69, 9.17) is 4.74 Å². The molecule has 0 atom stereocenters. The van der Waals surface area contributed by atoms with Gasteiger partial charge in [0, 0.05) is 6.42 Å². The van der Waals surface area contributed by atoms with Gasteiger partial charge in [0.1, 0.15) is 5.75 Å². The van der Waals surface area contributed by atoms with E-state index in [2.05, 4.69) is 20.8 Å². The van der Waals surface area contributed by atoms with Crippen molar-refractivity contribution < 1.29 is 9.53 Å². The first kappa shape index (κ1) is 13.8. The number of ether oxygens (including phenoxy) is 1. The summed E-state index contributed by atoms with van der Waals surface area (Å²) in [6, 6.07) is 3.95. The summed E-state index contributed by atoms with van der Waals surface area (Å²) in [4.78, 5) is 12.3. The molecule has 17 heavy (non-hydrogen) atoms. The zero-order valence-corrected chi connectivity index (χ0v) is 11.7. The molecule has 0 aliphatic heterocycles. The van der Waals surface area contributed by atoms with Crippen LogP contribution >= 0.6 is 0 Å². The number of carbonyl (C=O) groups is 1. The second-order valence-corrected chi connectivity index (χ2v) is 5.82. The Morgan fingerprint density at radius 2 is 1.82 bits per heavy atom.